The Morgan fingerprint density at radius 2 is 1.81 bits per heavy atom. The van der Waals surface area contributed by atoms with E-state index in [1.807, 2.05) is 56.6 Å². The molecule has 1 unspecified atom stereocenters. The van der Waals surface area contributed by atoms with E-state index >= 15 is 0 Å². The second-order valence-electron chi connectivity index (χ2n) is 9.81. The number of aromatic nitrogens is 4. The van der Waals surface area contributed by atoms with E-state index in [2.05, 4.69) is 40.0 Å². The van der Waals surface area contributed by atoms with E-state index < -0.39 is 0 Å². The van der Waals surface area contributed by atoms with Gasteiger partial charge in [0.15, 0.2) is 0 Å². The van der Waals surface area contributed by atoms with Gasteiger partial charge in [-0.2, -0.15) is 10.2 Å². The van der Waals surface area contributed by atoms with Gasteiger partial charge in [0.2, 0.25) is 0 Å². The molecule has 1 saturated carbocycles. The number of hydrogen-bond donors (Lipinski definition) is 2. The first-order valence-electron chi connectivity index (χ1n) is 12.8. The maximum Gasteiger partial charge on any atom is 0.320 e. The number of para-hydroxylation sites is 1. The molecule has 0 spiro atoms. The molecule has 5 rings (SSSR count). The van der Waals surface area contributed by atoms with E-state index in [0.717, 1.165) is 48.4 Å². The molecule has 8 nitrogen and oxygen atoms in total. The number of rotatable bonds is 8. The van der Waals surface area contributed by atoms with Crippen molar-refractivity contribution < 1.29 is 9.53 Å². The lowest BCUT2D eigenvalue weighted by Gasteiger charge is -2.22. The third kappa shape index (κ3) is 5.44. The summed E-state index contributed by atoms with van der Waals surface area (Å²) in [6.45, 7) is 2.71. The zero-order valence-electron chi connectivity index (χ0n) is 21.6. The van der Waals surface area contributed by atoms with Gasteiger partial charge in [0, 0.05) is 50.0 Å². The highest BCUT2D eigenvalue weighted by molar-refractivity contribution is 5.91. The van der Waals surface area contributed by atoms with Crippen molar-refractivity contribution in [2.24, 2.45) is 13.0 Å². The van der Waals surface area contributed by atoms with Crippen LogP contribution in [0.4, 0.5) is 10.6 Å². The van der Waals surface area contributed by atoms with Gasteiger partial charge in [-0.05, 0) is 49.8 Å². The third-order valence-corrected chi connectivity index (χ3v) is 7.27. The average Bonchev–Trinajstić information content (AvgIpc) is 3.61. The number of aryl methyl sites for hydroxylation is 1. The zero-order chi connectivity index (χ0) is 25.8. The molecule has 3 atom stereocenters. The highest BCUT2D eigenvalue weighted by atomic mass is 16.5. The van der Waals surface area contributed by atoms with Gasteiger partial charge in [-0.25, -0.2) is 9.48 Å². The van der Waals surface area contributed by atoms with Gasteiger partial charge in [-0.3, -0.25) is 10.00 Å². The molecule has 1 aliphatic carbocycles. The molecule has 2 aromatic carbocycles. The highest BCUT2D eigenvalue weighted by Gasteiger charge is 2.36. The van der Waals surface area contributed by atoms with Crippen LogP contribution in [0.5, 0.6) is 0 Å². The summed E-state index contributed by atoms with van der Waals surface area (Å²) in [6, 6.07) is 20.1. The second-order valence-corrected chi connectivity index (χ2v) is 9.81. The number of benzene rings is 2. The quantitative estimate of drug-likeness (QED) is 0.345. The molecular formula is C29H34N6O2. The first kappa shape index (κ1) is 24.8. The maximum absolute atomic E-state index is 13.4. The molecule has 1 aliphatic rings. The molecule has 2 N–H and O–H groups in total. The number of nitrogens with one attached hydrogen (secondary N) is 2. The minimum Gasteiger partial charge on any atom is -0.385 e. The Bertz CT molecular complexity index is 1330. The van der Waals surface area contributed by atoms with E-state index in [1.165, 1.54) is 5.56 Å². The van der Waals surface area contributed by atoms with Gasteiger partial charge < -0.3 is 10.1 Å². The number of methoxy groups -OCH3 is 1. The summed E-state index contributed by atoms with van der Waals surface area (Å²) in [6.07, 6.45) is 6.67. The van der Waals surface area contributed by atoms with Gasteiger partial charge in [-0.15, -0.1) is 0 Å². The third-order valence-electron chi connectivity index (χ3n) is 7.27. The number of carbonyl (C=O) groups excluding carboxylic acids is 1. The van der Waals surface area contributed by atoms with Crippen molar-refractivity contribution in [1.29, 1.82) is 0 Å². The van der Waals surface area contributed by atoms with Crippen LogP contribution in [0.2, 0.25) is 0 Å². The molecule has 2 aromatic heterocycles. The molecule has 192 valence electrons. The van der Waals surface area contributed by atoms with Crippen LogP contribution >= 0.6 is 0 Å². The van der Waals surface area contributed by atoms with Crippen LogP contribution in [-0.4, -0.2) is 45.4 Å². The van der Waals surface area contributed by atoms with Crippen molar-refractivity contribution >= 4 is 11.8 Å². The number of carbonyl (C=O) groups is 1. The fraction of sp³-hybridized carbons (Fsp3) is 0.345. The number of nitrogens with zero attached hydrogens (tertiary/aromatic N) is 4. The summed E-state index contributed by atoms with van der Waals surface area (Å²) in [5.74, 6) is 1.41. The SMILES string of the molecule is COCCC1C[C@@H](NC(=O)Nc2c(C)c(-c3cnn(C)c3)nn2-c2ccccc2)[C@H](c2ccccc2)C1. The molecule has 1 fully saturated rings. The Labute approximate surface area is 217 Å². The van der Waals surface area contributed by atoms with Crippen molar-refractivity contribution in [2.75, 3.05) is 19.0 Å². The number of urea groups is 1. The number of amides is 2. The summed E-state index contributed by atoms with van der Waals surface area (Å²) >= 11 is 0. The second kappa shape index (κ2) is 11.0. The fourth-order valence-corrected chi connectivity index (χ4v) is 5.42. The lowest BCUT2D eigenvalue weighted by Crippen LogP contribution is -2.40. The molecule has 0 aliphatic heterocycles. The molecule has 0 saturated heterocycles. The minimum atomic E-state index is -0.226. The van der Waals surface area contributed by atoms with Crippen molar-refractivity contribution in [3.05, 3.63) is 84.2 Å². The van der Waals surface area contributed by atoms with E-state index in [-0.39, 0.29) is 18.0 Å². The first-order chi connectivity index (χ1) is 18.0. The van der Waals surface area contributed by atoms with E-state index in [0.29, 0.717) is 11.7 Å². The van der Waals surface area contributed by atoms with Crippen LogP contribution < -0.4 is 10.6 Å². The summed E-state index contributed by atoms with van der Waals surface area (Å²) in [5, 5.41) is 15.6. The number of ether oxygens (including phenoxy) is 1. The van der Waals surface area contributed by atoms with Crippen LogP contribution in [0.25, 0.3) is 16.9 Å². The zero-order valence-corrected chi connectivity index (χ0v) is 21.6. The lowest BCUT2D eigenvalue weighted by molar-refractivity contribution is 0.177. The fourth-order valence-electron chi connectivity index (χ4n) is 5.42. The molecule has 37 heavy (non-hydrogen) atoms. The standard InChI is InChI=1S/C29H34N6O2/c1-20-27(23-18-30-34(2)19-23)33-35(24-12-8-5-9-13-24)28(20)32-29(36)31-26-17-21(14-15-37-3)16-25(26)22-10-6-4-7-11-22/h4-13,18-19,21,25-26H,14-17H2,1-3H3,(H2,31,32,36)/t21?,25-,26+/m0/s1. The topological polar surface area (TPSA) is 86.0 Å². The summed E-state index contributed by atoms with van der Waals surface area (Å²) in [7, 11) is 3.62. The van der Waals surface area contributed by atoms with Crippen LogP contribution in [0.1, 0.15) is 36.3 Å². The molecule has 0 radical (unpaired) electrons. The van der Waals surface area contributed by atoms with Crippen molar-refractivity contribution in [2.45, 2.75) is 38.1 Å². The molecule has 8 heteroatoms. The Balaban J connectivity index is 1.41. The van der Waals surface area contributed by atoms with E-state index in [4.69, 9.17) is 9.84 Å². The van der Waals surface area contributed by atoms with Crippen molar-refractivity contribution in [3.8, 4) is 16.9 Å². The lowest BCUT2D eigenvalue weighted by atomic mass is 9.93. The van der Waals surface area contributed by atoms with Crippen LogP contribution in [-0.2, 0) is 11.8 Å². The number of anilines is 1. The van der Waals surface area contributed by atoms with Crippen LogP contribution in [0, 0.1) is 12.8 Å². The molecular weight excluding hydrogens is 464 g/mol. The van der Waals surface area contributed by atoms with Gasteiger partial charge in [0.05, 0.1) is 11.9 Å². The van der Waals surface area contributed by atoms with Gasteiger partial charge in [0.1, 0.15) is 11.5 Å². The Morgan fingerprint density at radius 3 is 2.49 bits per heavy atom. The molecule has 2 amide bonds. The first-order valence-corrected chi connectivity index (χ1v) is 12.8. The maximum atomic E-state index is 13.4. The molecule has 2 heterocycles. The van der Waals surface area contributed by atoms with E-state index in [1.54, 1.807) is 22.7 Å². The smallest absolute Gasteiger partial charge is 0.320 e. The van der Waals surface area contributed by atoms with Crippen LogP contribution in [0.15, 0.2) is 73.1 Å². The van der Waals surface area contributed by atoms with Crippen molar-refractivity contribution in [3.63, 3.8) is 0 Å². The highest BCUT2D eigenvalue weighted by Crippen LogP contribution is 2.40. The minimum absolute atomic E-state index is 0.0375. The van der Waals surface area contributed by atoms with Gasteiger partial charge in [-0.1, -0.05) is 48.5 Å². The van der Waals surface area contributed by atoms with E-state index in [9.17, 15) is 4.79 Å². The Hall–Kier alpha value is -3.91. The summed E-state index contributed by atoms with van der Waals surface area (Å²) < 4.78 is 8.88. The van der Waals surface area contributed by atoms with Gasteiger partial charge in [0.25, 0.3) is 0 Å². The monoisotopic (exact) mass is 498 g/mol. The summed E-state index contributed by atoms with van der Waals surface area (Å²) in [4.78, 5) is 13.4. The predicted molar refractivity (Wildman–Crippen MR) is 145 cm³/mol. The summed E-state index contributed by atoms with van der Waals surface area (Å²) in [5.41, 5.74) is 4.71. The average molecular weight is 499 g/mol. The molecule has 0 bridgehead atoms. The largest absolute Gasteiger partial charge is 0.385 e. The van der Waals surface area contributed by atoms with Gasteiger partial charge >= 0.3 is 6.03 Å². The number of hydrogen-bond acceptors (Lipinski definition) is 4. The molecule has 4 aromatic rings. The van der Waals surface area contributed by atoms with Crippen molar-refractivity contribution in [1.82, 2.24) is 24.9 Å². The predicted octanol–water partition coefficient (Wildman–Crippen LogP) is 5.30. The van der Waals surface area contributed by atoms with Crippen LogP contribution in [0.3, 0.4) is 0 Å². The normalized spacial score (nSPS) is 19.2. The Kier molecular flexibility index (Phi) is 7.37. The Morgan fingerprint density at radius 1 is 1.08 bits per heavy atom.